The average Bonchev–Trinajstić information content (AvgIpc) is 2.81. The molecule has 0 aliphatic carbocycles. The second-order valence-corrected chi connectivity index (χ2v) is 7.19. The predicted molar refractivity (Wildman–Crippen MR) is 108 cm³/mol. The molecule has 0 fully saturated rings. The van der Waals surface area contributed by atoms with Gasteiger partial charge in [0.05, 0.1) is 5.69 Å². The van der Waals surface area contributed by atoms with Gasteiger partial charge in [0.25, 0.3) is 0 Å². The largest absolute Gasteiger partial charge is 0.318 e. The summed E-state index contributed by atoms with van der Waals surface area (Å²) in [7, 11) is 0. The van der Waals surface area contributed by atoms with Crippen molar-refractivity contribution in [2.45, 2.75) is 27.7 Å². The topological polar surface area (TPSA) is 17.3 Å². The SMILES string of the molecule is Cc1ccc(-n2c(C)cc(C=Nc3cc(Cl)cc(Cl)c3)c2C)cc1C. The Morgan fingerprint density at radius 2 is 1.52 bits per heavy atom. The third kappa shape index (κ3) is 3.81. The molecule has 3 rings (SSSR count). The van der Waals surface area contributed by atoms with Crippen LogP contribution in [0.1, 0.15) is 28.1 Å². The Morgan fingerprint density at radius 1 is 0.840 bits per heavy atom. The summed E-state index contributed by atoms with van der Waals surface area (Å²) in [5, 5.41) is 1.17. The first-order valence-corrected chi connectivity index (χ1v) is 8.87. The van der Waals surface area contributed by atoms with Gasteiger partial charge >= 0.3 is 0 Å². The quantitative estimate of drug-likeness (QED) is 0.452. The summed E-state index contributed by atoms with van der Waals surface area (Å²) in [6, 6.07) is 14.0. The first kappa shape index (κ1) is 17.8. The third-order valence-electron chi connectivity index (χ3n) is 4.42. The van der Waals surface area contributed by atoms with E-state index in [-0.39, 0.29) is 0 Å². The minimum atomic E-state index is 0.584. The third-order valence-corrected chi connectivity index (χ3v) is 4.86. The lowest BCUT2D eigenvalue weighted by molar-refractivity contribution is 0.961. The molecule has 128 valence electrons. The Morgan fingerprint density at radius 3 is 2.16 bits per heavy atom. The Balaban J connectivity index is 1.99. The van der Waals surface area contributed by atoms with Crippen LogP contribution in [0.5, 0.6) is 0 Å². The van der Waals surface area contributed by atoms with E-state index in [4.69, 9.17) is 23.2 Å². The van der Waals surface area contributed by atoms with Crippen molar-refractivity contribution >= 4 is 35.1 Å². The van der Waals surface area contributed by atoms with Gasteiger partial charge < -0.3 is 4.57 Å². The Hall–Kier alpha value is -2.03. The van der Waals surface area contributed by atoms with Crippen molar-refractivity contribution in [1.29, 1.82) is 0 Å². The molecule has 0 aliphatic rings. The molecule has 0 bridgehead atoms. The molecular weight excluding hydrogens is 351 g/mol. The minimum absolute atomic E-state index is 0.584. The van der Waals surface area contributed by atoms with E-state index in [1.807, 2.05) is 6.21 Å². The van der Waals surface area contributed by atoms with Crippen LogP contribution in [0, 0.1) is 27.7 Å². The number of halogens is 2. The summed E-state index contributed by atoms with van der Waals surface area (Å²) in [6.07, 6.45) is 1.86. The van der Waals surface area contributed by atoms with Crippen LogP contribution in [0.3, 0.4) is 0 Å². The van der Waals surface area contributed by atoms with Crippen LogP contribution < -0.4 is 0 Å². The van der Waals surface area contributed by atoms with E-state index >= 15 is 0 Å². The van der Waals surface area contributed by atoms with Crippen LogP contribution in [-0.2, 0) is 0 Å². The summed E-state index contributed by atoms with van der Waals surface area (Å²) >= 11 is 12.1. The maximum atomic E-state index is 6.04. The van der Waals surface area contributed by atoms with E-state index in [9.17, 15) is 0 Å². The van der Waals surface area contributed by atoms with Gasteiger partial charge in [-0.25, -0.2) is 0 Å². The Kier molecular flexibility index (Phi) is 5.03. The fraction of sp³-hybridized carbons (Fsp3) is 0.190. The highest BCUT2D eigenvalue weighted by atomic mass is 35.5. The second-order valence-electron chi connectivity index (χ2n) is 6.32. The number of benzene rings is 2. The molecule has 4 heteroatoms. The second kappa shape index (κ2) is 7.07. The number of aryl methyl sites for hydroxylation is 3. The minimum Gasteiger partial charge on any atom is -0.318 e. The summed E-state index contributed by atoms with van der Waals surface area (Å²) in [5.74, 6) is 0. The van der Waals surface area contributed by atoms with E-state index in [2.05, 4.69) is 61.5 Å². The first-order chi connectivity index (χ1) is 11.8. The lowest BCUT2D eigenvalue weighted by Gasteiger charge is -2.11. The Labute approximate surface area is 158 Å². The van der Waals surface area contributed by atoms with Crippen LogP contribution in [0.25, 0.3) is 5.69 Å². The maximum Gasteiger partial charge on any atom is 0.0659 e. The molecule has 0 spiro atoms. The standard InChI is InChI=1S/C21H20Cl2N2/c1-13-5-6-21(7-14(13)2)25-15(3)8-17(16(25)4)12-24-20-10-18(22)9-19(23)11-20/h5-12H,1-4H3. The molecule has 0 N–H and O–H groups in total. The molecule has 0 saturated heterocycles. The number of hydrogen-bond donors (Lipinski definition) is 0. The molecule has 0 unspecified atom stereocenters. The molecule has 0 amide bonds. The summed E-state index contributed by atoms with van der Waals surface area (Å²) in [4.78, 5) is 4.53. The van der Waals surface area contributed by atoms with Gasteiger partial charge in [0, 0.05) is 38.9 Å². The van der Waals surface area contributed by atoms with Crippen molar-refractivity contribution in [3.63, 3.8) is 0 Å². The zero-order valence-electron chi connectivity index (χ0n) is 14.8. The van der Waals surface area contributed by atoms with E-state index in [0.29, 0.717) is 10.0 Å². The molecule has 2 nitrogen and oxygen atoms in total. The van der Waals surface area contributed by atoms with Crippen molar-refractivity contribution in [3.05, 3.63) is 80.6 Å². The molecule has 1 aromatic heterocycles. The maximum absolute atomic E-state index is 6.04. The fourth-order valence-corrected chi connectivity index (χ4v) is 3.45. The van der Waals surface area contributed by atoms with Crippen LogP contribution in [0.2, 0.25) is 10.0 Å². The van der Waals surface area contributed by atoms with Gasteiger partial charge in [0.2, 0.25) is 0 Å². The first-order valence-electron chi connectivity index (χ1n) is 8.12. The smallest absolute Gasteiger partial charge is 0.0659 e. The zero-order chi connectivity index (χ0) is 18.1. The van der Waals surface area contributed by atoms with Crippen LogP contribution in [0.15, 0.2) is 47.5 Å². The van der Waals surface area contributed by atoms with Gasteiger partial charge in [-0.1, -0.05) is 29.3 Å². The van der Waals surface area contributed by atoms with Crippen molar-refractivity contribution < 1.29 is 0 Å². The van der Waals surface area contributed by atoms with Gasteiger partial charge in [-0.2, -0.15) is 0 Å². The number of aliphatic imine (C=N–C) groups is 1. The Bertz CT molecular complexity index is 948. The highest BCUT2D eigenvalue weighted by molar-refractivity contribution is 6.35. The summed E-state index contributed by atoms with van der Waals surface area (Å²) in [6.45, 7) is 8.48. The van der Waals surface area contributed by atoms with E-state index in [1.165, 1.54) is 22.5 Å². The molecule has 3 aromatic rings. The molecule has 25 heavy (non-hydrogen) atoms. The average molecular weight is 371 g/mol. The number of aromatic nitrogens is 1. The van der Waals surface area contributed by atoms with Gasteiger partial charge in [-0.05, 0) is 75.2 Å². The van der Waals surface area contributed by atoms with E-state index in [0.717, 1.165) is 16.9 Å². The lowest BCUT2D eigenvalue weighted by atomic mass is 10.1. The van der Waals surface area contributed by atoms with Crippen molar-refractivity contribution in [1.82, 2.24) is 4.57 Å². The number of rotatable bonds is 3. The molecule has 0 atom stereocenters. The molecule has 0 radical (unpaired) electrons. The zero-order valence-corrected chi connectivity index (χ0v) is 16.3. The van der Waals surface area contributed by atoms with E-state index in [1.54, 1.807) is 18.2 Å². The van der Waals surface area contributed by atoms with Crippen LogP contribution in [0.4, 0.5) is 5.69 Å². The van der Waals surface area contributed by atoms with E-state index < -0.39 is 0 Å². The molecular formula is C21H20Cl2N2. The van der Waals surface area contributed by atoms with Crippen LogP contribution in [-0.4, -0.2) is 10.8 Å². The van der Waals surface area contributed by atoms with Crippen LogP contribution >= 0.6 is 23.2 Å². The van der Waals surface area contributed by atoms with Gasteiger partial charge in [-0.3, -0.25) is 4.99 Å². The van der Waals surface area contributed by atoms with Crippen molar-refractivity contribution in [2.75, 3.05) is 0 Å². The molecule has 0 saturated carbocycles. The molecule has 2 aromatic carbocycles. The highest BCUT2D eigenvalue weighted by Gasteiger charge is 2.10. The van der Waals surface area contributed by atoms with Gasteiger partial charge in [-0.15, -0.1) is 0 Å². The van der Waals surface area contributed by atoms with Gasteiger partial charge in [0.15, 0.2) is 0 Å². The fourth-order valence-electron chi connectivity index (χ4n) is 2.94. The monoisotopic (exact) mass is 370 g/mol. The van der Waals surface area contributed by atoms with Crippen molar-refractivity contribution in [2.24, 2.45) is 4.99 Å². The molecule has 1 heterocycles. The lowest BCUT2D eigenvalue weighted by Crippen LogP contribution is -2.00. The van der Waals surface area contributed by atoms with Crippen molar-refractivity contribution in [3.8, 4) is 5.69 Å². The number of hydrogen-bond acceptors (Lipinski definition) is 1. The summed E-state index contributed by atoms with van der Waals surface area (Å²) < 4.78 is 2.25. The normalized spacial score (nSPS) is 11.4. The predicted octanol–water partition coefficient (Wildman–Crippen LogP) is 6.77. The summed E-state index contributed by atoms with van der Waals surface area (Å²) in [5.41, 5.74) is 7.90. The molecule has 0 aliphatic heterocycles. The highest BCUT2D eigenvalue weighted by Crippen LogP contribution is 2.26. The van der Waals surface area contributed by atoms with Gasteiger partial charge in [0.1, 0.15) is 0 Å². The number of nitrogens with zero attached hydrogens (tertiary/aromatic N) is 2.